The fourth-order valence-corrected chi connectivity index (χ4v) is 1.71. The highest BCUT2D eigenvalue weighted by Crippen LogP contribution is 2.28. The summed E-state index contributed by atoms with van der Waals surface area (Å²) in [6.07, 6.45) is 0. The van der Waals surface area contributed by atoms with Gasteiger partial charge in [-0.25, -0.2) is 0 Å². The van der Waals surface area contributed by atoms with E-state index >= 15 is 0 Å². The molecular formula is C11H7NOS. The number of hydrogen-bond donors (Lipinski definition) is 0. The van der Waals surface area contributed by atoms with E-state index in [0.29, 0.717) is 4.88 Å². The summed E-state index contributed by atoms with van der Waals surface area (Å²) in [5.74, 6) is 0.791. The van der Waals surface area contributed by atoms with Gasteiger partial charge in [-0.15, -0.1) is 0 Å². The van der Waals surface area contributed by atoms with Crippen LogP contribution >= 0.6 is 11.3 Å². The van der Waals surface area contributed by atoms with Gasteiger partial charge in [0.15, 0.2) is 5.06 Å². The normalized spacial score (nSPS) is 9.36. The molecule has 1 heterocycles. The zero-order valence-corrected chi connectivity index (χ0v) is 8.12. The predicted molar refractivity (Wildman–Crippen MR) is 55.6 cm³/mol. The lowest BCUT2D eigenvalue weighted by molar-refractivity contribution is 0.496. The van der Waals surface area contributed by atoms with Crippen molar-refractivity contribution < 1.29 is 4.74 Å². The van der Waals surface area contributed by atoms with Gasteiger partial charge in [0.2, 0.25) is 0 Å². The summed E-state index contributed by atoms with van der Waals surface area (Å²) in [5.41, 5.74) is 0. The van der Waals surface area contributed by atoms with Crippen LogP contribution in [-0.4, -0.2) is 0 Å². The molecular weight excluding hydrogens is 194 g/mol. The molecule has 2 nitrogen and oxygen atoms in total. The largest absolute Gasteiger partial charge is 0.447 e. The Hall–Kier alpha value is -1.79. The van der Waals surface area contributed by atoms with Crippen molar-refractivity contribution in [2.45, 2.75) is 0 Å². The van der Waals surface area contributed by atoms with Crippen molar-refractivity contribution in [1.29, 1.82) is 5.26 Å². The molecule has 0 aliphatic rings. The molecule has 68 valence electrons. The van der Waals surface area contributed by atoms with Gasteiger partial charge in [-0.1, -0.05) is 29.5 Å². The lowest BCUT2D eigenvalue weighted by atomic mass is 10.3. The third-order valence-corrected chi connectivity index (χ3v) is 2.52. The Morgan fingerprint density at radius 2 is 1.86 bits per heavy atom. The van der Waals surface area contributed by atoms with Crippen LogP contribution in [0.15, 0.2) is 42.5 Å². The molecule has 0 unspecified atom stereocenters. The van der Waals surface area contributed by atoms with Crippen LogP contribution in [0.2, 0.25) is 0 Å². The Kier molecular flexibility index (Phi) is 2.48. The van der Waals surface area contributed by atoms with Crippen molar-refractivity contribution in [2.24, 2.45) is 0 Å². The molecule has 0 aliphatic carbocycles. The maximum absolute atomic E-state index is 8.62. The summed E-state index contributed by atoms with van der Waals surface area (Å²) in [6, 6.07) is 15.1. The zero-order chi connectivity index (χ0) is 9.80. The number of hydrogen-bond acceptors (Lipinski definition) is 3. The minimum absolute atomic E-state index is 0.663. The van der Waals surface area contributed by atoms with Crippen molar-refractivity contribution in [3.63, 3.8) is 0 Å². The number of benzene rings is 1. The van der Waals surface area contributed by atoms with E-state index in [1.807, 2.05) is 30.3 Å². The lowest BCUT2D eigenvalue weighted by Crippen LogP contribution is -1.77. The van der Waals surface area contributed by atoms with Crippen molar-refractivity contribution in [2.75, 3.05) is 0 Å². The Balaban J connectivity index is 2.16. The average molecular weight is 201 g/mol. The smallest absolute Gasteiger partial charge is 0.182 e. The molecule has 0 bridgehead atoms. The molecule has 2 rings (SSSR count). The molecule has 3 heteroatoms. The highest BCUT2D eigenvalue weighted by atomic mass is 32.1. The monoisotopic (exact) mass is 201 g/mol. The number of para-hydroxylation sites is 1. The van der Waals surface area contributed by atoms with Crippen molar-refractivity contribution in [3.05, 3.63) is 47.3 Å². The number of thiophene rings is 1. The van der Waals surface area contributed by atoms with Crippen LogP contribution in [0, 0.1) is 11.3 Å². The third-order valence-electron chi connectivity index (χ3n) is 1.65. The number of nitriles is 1. The van der Waals surface area contributed by atoms with Crippen LogP contribution in [0.1, 0.15) is 4.88 Å². The average Bonchev–Trinajstić information content (AvgIpc) is 2.67. The summed E-state index contributed by atoms with van der Waals surface area (Å²) in [7, 11) is 0. The Labute approximate surface area is 86.0 Å². The van der Waals surface area contributed by atoms with E-state index in [-0.39, 0.29) is 0 Å². The Morgan fingerprint density at radius 1 is 1.07 bits per heavy atom. The van der Waals surface area contributed by atoms with Crippen molar-refractivity contribution in [1.82, 2.24) is 0 Å². The summed E-state index contributed by atoms with van der Waals surface area (Å²) >= 11 is 1.34. The molecule has 0 spiro atoms. The first-order valence-corrected chi connectivity index (χ1v) is 4.93. The number of ether oxygens (including phenoxy) is 1. The van der Waals surface area contributed by atoms with Crippen LogP contribution in [-0.2, 0) is 0 Å². The van der Waals surface area contributed by atoms with Crippen LogP contribution in [0.5, 0.6) is 10.8 Å². The van der Waals surface area contributed by atoms with Gasteiger partial charge < -0.3 is 4.74 Å². The minimum atomic E-state index is 0.663. The summed E-state index contributed by atoms with van der Waals surface area (Å²) in [5, 5.41) is 9.37. The molecule has 14 heavy (non-hydrogen) atoms. The van der Waals surface area contributed by atoms with E-state index in [2.05, 4.69) is 6.07 Å². The van der Waals surface area contributed by atoms with E-state index in [1.54, 1.807) is 12.1 Å². The Morgan fingerprint density at radius 3 is 2.50 bits per heavy atom. The molecule has 2 aromatic rings. The van der Waals surface area contributed by atoms with E-state index in [0.717, 1.165) is 10.8 Å². The molecule has 1 aromatic carbocycles. The van der Waals surface area contributed by atoms with Gasteiger partial charge in [-0.2, -0.15) is 5.26 Å². The fraction of sp³-hybridized carbons (Fsp3) is 0. The maximum Gasteiger partial charge on any atom is 0.182 e. The highest BCUT2D eigenvalue weighted by molar-refractivity contribution is 7.14. The zero-order valence-electron chi connectivity index (χ0n) is 7.31. The van der Waals surface area contributed by atoms with Crippen molar-refractivity contribution >= 4 is 11.3 Å². The van der Waals surface area contributed by atoms with Gasteiger partial charge in [-0.3, -0.25) is 0 Å². The van der Waals surface area contributed by atoms with Gasteiger partial charge in [0.1, 0.15) is 16.7 Å². The topological polar surface area (TPSA) is 33.0 Å². The SMILES string of the molecule is N#Cc1ccc(Oc2ccccc2)s1. The van der Waals surface area contributed by atoms with E-state index in [1.165, 1.54) is 11.3 Å². The molecule has 1 aromatic heterocycles. The van der Waals surface area contributed by atoms with Gasteiger partial charge in [0.25, 0.3) is 0 Å². The molecule has 0 radical (unpaired) electrons. The fourth-order valence-electron chi connectivity index (χ4n) is 1.04. The number of nitrogens with zero attached hydrogens (tertiary/aromatic N) is 1. The van der Waals surface area contributed by atoms with Crippen LogP contribution < -0.4 is 4.74 Å². The molecule has 0 saturated carbocycles. The van der Waals surface area contributed by atoms with E-state index in [4.69, 9.17) is 10.00 Å². The molecule has 0 saturated heterocycles. The predicted octanol–water partition coefficient (Wildman–Crippen LogP) is 3.41. The molecule has 0 fully saturated rings. The van der Waals surface area contributed by atoms with Gasteiger partial charge in [0, 0.05) is 0 Å². The van der Waals surface area contributed by atoms with Crippen LogP contribution in [0.3, 0.4) is 0 Å². The molecule has 0 aliphatic heterocycles. The first-order valence-electron chi connectivity index (χ1n) is 4.11. The summed E-state index contributed by atoms with van der Waals surface area (Å²) < 4.78 is 5.53. The summed E-state index contributed by atoms with van der Waals surface area (Å²) in [6.45, 7) is 0. The third kappa shape index (κ3) is 1.93. The van der Waals surface area contributed by atoms with Gasteiger partial charge in [0.05, 0.1) is 0 Å². The Bertz CT molecular complexity index is 456. The second-order valence-electron chi connectivity index (χ2n) is 2.65. The van der Waals surface area contributed by atoms with Crippen LogP contribution in [0.4, 0.5) is 0 Å². The standard InChI is InChI=1S/C11H7NOS/c12-8-10-6-7-11(14-10)13-9-4-2-1-3-5-9/h1-7H. The molecule has 0 atom stereocenters. The van der Waals surface area contributed by atoms with Gasteiger partial charge in [-0.05, 0) is 24.3 Å². The first kappa shape index (κ1) is 8.79. The van der Waals surface area contributed by atoms with Crippen molar-refractivity contribution in [3.8, 4) is 16.9 Å². The first-order chi connectivity index (χ1) is 6.88. The lowest BCUT2D eigenvalue weighted by Gasteiger charge is -2.00. The second kappa shape index (κ2) is 3.95. The van der Waals surface area contributed by atoms with Crippen LogP contribution in [0.25, 0.3) is 0 Å². The second-order valence-corrected chi connectivity index (χ2v) is 3.69. The molecule has 0 N–H and O–H groups in total. The van der Waals surface area contributed by atoms with E-state index < -0.39 is 0 Å². The van der Waals surface area contributed by atoms with Gasteiger partial charge >= 0.3 is 0 Å². The van der Waals surface area contributed by atoms with E-state index in [9.17, 15) is 0 Å². The minimum Gasteiger partial charge on any atom is -0.447 e. The number of rotatable bonds is 2. The maximum atomic E-state index is 8.62. The highest BCUT2D eigenvalue weighted by Gasteiger charge is 2.00. The molecule has 0 amide bonds. The quantitative estimate of drug-likeness (QED) is 0.745. The summed E-state index contributed by atoms with van der Waals surface area (Å²) in [4.78, 5) is 0.663.